The number of aryl methyl sites for hydroxylation is 1. The minimum absolute atomic E-state index is 0.146. The second-order valence-corrected chi connectivity index (χ2v) is 7.52. The van der Waals surface area contributed by atoms with E-state index in [9.17, 15) is 9.59 Å². The van der Waals surface area contributed by atoms with Gasteiger partial charge in [-0.15, -0.1) is 0 Å². The van der Waals surface area contributed by atoms with Crippen molar-refractivity contribution in [1.82, 2.24) is 5.32 Å². The van der Waals surface area contributed by atoms with E-state index in [1.165, 1.54) is 0 Å². The maximum atomic E-state index is 11.6. The van der Waals surface area contributed by atoms with Gasteiger partial charge in [-0.1, -0.05) is 48.0 Å². The highest BCUT2D eigenvalue weighted by atomic mass is 16.5. The quantitative estimate of drug-likeness (QED) is 0.520. The summed E-state index contributed by atoms with van der Waals surface area (Å²) in [5, 5.41) is 2.73. The van der Waals surface area contributed by atoms with E-state index in [4.69, 9.17) is 4.74 Å². The van der Waals surface area contributed by atoms with Crippen LogP contribution in [0, 0.1) is 24.2 Å². The number of nitrogens with one attached hydrogen (secondary N) is 1. The van der Waals surface area contributed by atoms with Gasteiger partial charge in [0.2, 0.25) is 5.91 Å². The summed E-state index contributed by atoms with van der Waals surface area (Å²) in [7, 11) is 1.70. The first-order valence-corrected chi connectivity index (χ1v) is 9.55. The normalized spacial score (nSPS) is 11.0. The molecule has 4 heteroatoms. The molecular formula is C22H37NO3. The van der Waals surface area contributed by atoms with Gasteiger partial charge < -0.3 is 10.1 Å². The molecule has 0 aliphatic heterocycles. The lowest BCUT2D eigenvalue weighted by atomic mass is 9.70. The van der Waals surface area contributed by atoms with E-state index >= 15 is 0 Å². The largest absolute Gasteiger partial charge is 0.493 e. The predicted octanol–water partition coefficient (Wildman–Crippen LogP) is 5.04. The van der Waals surface area contributed by atoms with Gasteiger partial charge in [-0.05, 0) is 48.9 Å². The second kappa shape index (κ2) is 11.7. The highest BCUT2D eigenvalue weighted by molar-refractivity contribution is 5.82. The van der Waals surface area contributed by atoms with Crippen LogP contribution in [0.2, 0.25) is 0 Å². The van der Waals surface area contributed by atoms with E-state index in [0.29, 0.717) is 17.4 Å². The molecule has 0 unspecified atom stereocenters. The van der Waals surface area contributed by atoms with Gasteiger partial charge in [0.05, 0.1) is 12.0 Å². The van der Waals surface area contributed by atoms with E-state index < -0.39 is 0 Å². The van der Waals surface area contributed by atoms with Crippen molar-refractivity contribution in [1.29, 1.82) is 0 Å². The maximum Gasteiger partial charge on any atom is 0.226 e. The Balaban J connectivity index is 0.000000488. The van der Waals surface area contributed by atoms with Crippen LogP contribution in [-0.2, 0) is 4.79 Å². The topological polar surface area (TPSA) is 55.4 Å². The van der Waals surface area contributed by atoms with Crippen LogP contribution in [0.5, 0.6) is 5.75 Å². The summed E-state index contributed by atoms with van der Waals surface area (Å²) in [6, 6.07) is 5.48. The standard InChI is InChI=1S/C12H16O2.C10H21NO/c1-3-4-7-14-12-6-5-11(9-13)8-10(12)2;1-7(2)10(5,8(3)4)9(12)11-6/h5-6,8-9H,3-4,7H2,1-2H3;7-8H,1-6H3,(H,11,12). The molecule has 1 aromatic carbocycles. The van der Waals surface area contributed by atoms with Gasteiger partial charge in [0.25, 0.3) is 0 Å². The van der Waals surface area contributed by atoms with Crippen LogP contribution in [0.15, 0.2) is 18.2 Å². The number of hydrogen-bond acceptors (Lipinski definition) is 3. The molecule has 0 saturated carbocycles. The average Bonchev–Trinajstić information content (AvgIpc) is 2.61. The average molecular weight is 364 g/mol. The predicted molar refractivity (Wildman–Crippen MR) is 109 cm³/mol. The minimum atomic E-state index is -0.241. The fourth-order valence-corrected chi connectivity index (χ4v) is 2.69. The lowest BCUT2D eigenvalue weighted by Gasteiger charge is -2.35. The highest BCUT2D eigenvalue weighted by Gasteiger charge is 2.38. The Hall–Kier alpha value is -1.84. The van der Waals surface area contributed by atoms with Crippen molar-refractivity contribution in [3.8, 4) is 5.75 Å². The third kappa shape index (κ3) is 6.81. The van der Waals surface area contributed by atoms with Crippen molar-refractivity contribution >= 4 is 12.2 Å². The fraction of sp³-hybridized carbons (Fsp3) is 0.636. The summed E-state index contributed by atoms with van der Waals surface area (Å²) < 4.78 is 5.56. The monoisotopic (exact) mass is 363 g/mol. The Labute approximate surface area is 159 Å². The fourth-order valence-electron chi connectivity index (χ4n) is 2.69. The lowest BCUT2D eigenvalue weighted by molar-refractivity contribution is -0.134. The first-order chi connectivity index (χ1) is 12.1. The molecule has 1 amide bonds. The van der Waals surface area contributed by atoms with Gasteiger partial charge in [0, 0.05) is 12.6 Å². The Morgan fingerprint density at radius 1 is 1.23 bits per heavy atom. The minimum Gasteiger partial charge on any atom is -0.493 e. The Morgan fingerprint density at radius 2 is 1.81 bits per heavy atom. The molecule has 0 atom stereocenters. The molecule has 0 spiro atoms. The van der Waals surface area contributed by atoms with E-state index in [0.717, 1.165) is 37.0 Å². The number of carbonyl (C=O) groups is 2. The first-order valence-electron chi connectivity index (χ1n) is 9.55. The van der Waals surface area contributed by atoms with E-state index in [1.807, 2.05) is 26.0 Å². The highest BCUT2D eigenvalue weighted by Crippen LogP contribution is 2.35. The van der Waals surface area contributed by atoms with Crippen molar-refractivity contribution in [2.75, 3.05) is 13.7 Å². The number of unbranched alkanes of at least 4 members (excludes halogenated alkanes) is 1. The van der Waals surface area contributed by atoms with Crippen LogP contribution in [-0.4, -0.2) is 25.8 Å². The van der Waals surface area contributed by atoms with Crippen molar-refractivity contribution in [3.05, 3.63) is 29.3 Å². The van der Waals surface area contributed by atoms with Crippen molar-refractivity contribution in [2.45, 2.75) is 61.3 Å². The summed E-state index contributed by atoms with van der Waals surface area (Å²) in [6.45, 7) is 15.2. The molecule has 0 heterocycles. The third-order valence-corrected chi connectivity index (χ3v) is 5.21. The number of carbonyl (C=O) groups excluding carboxylic acids is 2. The molecule has 4 nitrogen and oxygen atoms in total. The number of benzene rings is 1. The first kappa shape index (κ1) is 24.2. The van der Waals surface area contributed by atoms with Gasteiger partial charge in [0.15, 0.2) is 0 Å². The molecule has 0 aliphatic carbocycles. The summed E-state index contributed by atoms with van der Waals surface area (Å²) in [5.41, 5.74) is 1.48. The Bertz CT molecular complexity index is 557. The van der Waals surface area contributed by atoms with Crippen molar-refractivity contribution in [3.63, 3.8) is 0 Å². The molecule has 0 bridgehead atoms. The van der Waals surface area contributed by atoms with Gasteiger partial charge in [0.1, 0.15) is 12.0 Å². The lowest BCUT2D eigenvalue weighted by Crippen LogP contribution is -2.44. The van der Waals surface area contributed by atoms with Crippen LogP contribution in [0.1, 0.15) is 70.3 Å². The summed E-state index contributed by atoms with van der Waals surface area (Å²) in [6.07, 6.45) is 3.04. The van der Waals surface area contributed by atoms with Gasteiger partial charge in [-0.25, -0.2) is 0 Å². The molecule has 26 heavy (non-hydrogen) atoms. The molecule has 1 rings (SSSR count). The molecule has 0 aromatic heterocycles. The summed E-state index contributed by atoms with van der Waals surface area (Å²) in [5.74, 6) is 1.77. The van der Waals surface area contributed by atoms with Crippen LogP contribution >= 0.6 is 0 Å². The SMILES string of the molecule is CCCCOc1ccc(C=O)cc1C.CNC(=O)C(C)(C(C)C)C(C)C. The molecule has 1 N–H and O–H groups in total. The van der Waals surface area contributed by atoms with Gasteiger partial charge in [-0.3, -0.25) is 9.59 Å². The van der Waals surface area contributed by atoms with E-state index in [-0.39, 0.29) is 11.3 Å². The molecule has 148 valence electrons. The molecular weight excluding hydrogens is 326 g/mol. The van der Waals surface area contributed by atoms with Crippen LogP contribution < -0.4 is 10.1 Å². The zero-order valence-electron chi connectivity index (χ0n) is 17.8. The molecule has 0 fully saturated rings. The molecule has 0 radical (unpaired) electrons. The van der Waals surface area contributed by atoms with Crippen LogP contribution in [0.25, 0.3) is 0 Å². The molecule has 0 saturated heterocycles. The van der Waals surface area contributed by atoms with Crippen molar-refractivity contribution in [2.24, 2.45) is 17.3 Å². The number of hydrogen-bond donors (Lipinski definition) is 1. The van der Waals surface area contributed by atoms with Gasteiger partial charge >= 0.3 is 0 Å². The smallest absolute Gasteiger partial charge is 0.226 e. The van der Waals surface area contributed by atoms with Crippen molar-refractivity contribution < 1.29 is 14.3 Å². The maximum absolute atomic E-state index is 11.6. The second-order valence-electron chi connectivity index (χ2n) is 7.52. The number of ether oxygens (including phenoxy) is 1. The summed E-state index contributed by atoms with van der Waals surface area (Å²) >= 11 is 0. The van der Waals surface area contributed by atoms with E-state index in [2.05, 4.69) is 39.9 Å². The molecule has 0 aliphatic rings. The van der Waals surface area contributed by atoms with E-state index in [1.54, 1.807) is 13.1 Å². The van der Waals surface area contributed by atoms with Crippen LogP contribution in [0.3, 0.4) is 0 Å². The number of aldehydes is 1. The molecule has 1 aromatic rings. The summed E-state index contributed by atoms with van der Waals surface area (Å²) in [4.78, 5) is 22.1. The third-order valence-electron chi connectivity index (χ3n) is 5.21. The van der Waals surface area contributed by atoms with Gasteiger partial charge in [-0.2, -0.15) is 0 Å². The van der Waals surface area contributed by atoms with Crippen LogP contribution in [0.4, 0.5) is 0 Å². The number of rotatable bonds is 8. The Kier molecular flexibility index (Phi) is 10.9. The zero-order chi connectivity index (χ0) is 20.3. The number of amides is 1. The zero-order valence-corrected chi connectivity index (χ0v) is 17.8. The Morgan fingerprint density at radius 3 is 2.15 bits per heavy atom.